The van der Waals surface area contributed by atoms with Crippen molar-refractivity contribution < 1.29 is 254 Å². The SMILES string of the molecule is CN1C(=O)C2(C(=O)[N-]C2=O)C1=O.CN1C(=O)C2(C(=O)[N-]C2=O)C1=O.CN1C(=O)C2(C(=O)[N-]C2=O)C1=O.[CH3-].[CH3-].[CH3-].[CH3-].[CH3-].[CH3-].[Y+3].[Y+3].[Y+3].[Y].[Y].[Y]. The molecule has 6 rings (SSSR count). The van der Waals surface area contributed by atoms with Gasteiger partial charge in [0.1, 0.15) is 0 Å². The maximum atomic E-state index is 11.0. The van der Waals surface area contributed by atoms with Gasteiger partial charge in [0.2, 0.25) is 16.2 Å². The second-order valence-electron chi connectivity index (χ2n) is 7.92. The molecule has 48 heavy (non-hydrogen) atoms. The zero-order chi connectivity index (χ0) is 27.3. The number of likely N-dealkylation sites (tertiary alicyclic amines) is 3. The van der Waals surface area contributed by atoms with Crippen LogP contribution in [0.1, 0.15) is 0 Å². The Hall–Kier alpha value is 1.46. The summed E-state index contributed by atoms with van der Waals surface area (Å²) in [6.07, 6.45) is 0. The molecule has 6 aliphatic rings. The molecule has 0 aromatic carbocycles. The fourth-order valence-corrected chi connectivity index (χ4v) is 3.89. The van der Waals surface area contributed by atoms with Crippen molar-refractivity contribution in [3.8, 4) is 0 Å². The van der Waals surface area contributed by atoms with Crippen LogP contribution in [-0.4, -0.2) is 107 Å². The molecule has 3 spiro atoms. The fourth-order valence-electron chi connectivity index (χ4n) is 3.89. The average Bonchev–Trinajstić information content (AvgIpc) is 2.84. The monoisotopic (exact) mass is 1120 g/mol. The van der Waals surface area contributed by atoms with E-state index in [1.54, 1.807) is 0 Å². The van der Waals surface area contributed by atoms with Crippen LogP contribution in [0.2, 0.25) is 0 Å². The topological polar surface area (TPSA) is 257 Å². The first kappa shape index (κ1) is 71.0. The summed E-state index contributed by atoms with van der Waals surface area (Å²) in [7, 11) is 3.65. The summed E-state index contributed by atoms with van der Waals surface area (Å²) < 4.78 is 0. The zero-order valence-electron chi connectivity index (χ0n) is 27.5. The number of hydrogen-bond donors (Lipinski definition) is 0. The molecule has 0 saturated carbocycles. The third-order valence-electron chi connectivity index (χ3n) is 6.29. The first-order valence-electron chi connectivity index (χ1n) is 9.47. The molecule has 6 aliphatic heterocycles. The summed E-state index contributed by atoms with van der Waals surface area (Å²) in [5.74, 6) is -10.2. The van der Waals surface area contributed by atoms with Gasteiger partial charge in [0.15, 0.2) is 0 Å². The molecular weight excluding hydrogens is 1100 g/mol. The van der Waals surface area contributed by atoms with Crippen LogP contribution < -0.4 is 0 Å². The quantitative estimate of drug-likeness (QED) is 0.144. The number of amides is 12. The Morgan fingerprint density at radius 2 is 0.438 bits per heavy atom. The first-order valence-corrected chi connectivity index (χ1v) is 9.47. The molecule has 6 heterocycles. The van der Waals surface area contributed by atoms with Crippen LogP contribution in [0.3, 0.4) is 0 Å². The van der Waals surface area contributed by atoms with Crippen LogP contribution in [-0.2, 0) is 254 Å². The predicted molar refractivity (Wildman–Crippen MR) is 139 cm³/mol. The van der Waals surface area contributed by atoms with Crippen molar-refractivity contribution in [3.63, 3.8) is 0 Å². The third kappa shape index (κ3) is 8.55. The van der Waals surface area contributed by atoms with E-state index in [1.807, 2.05) is 0 Å². The van der Waals surface area contributed by atoms with Crippen LogP contribution in [0.25, 0.3) is 16.0 Å². The molecule has 0 aromatic heterocycles. The molecule has 0 aliphatic carbocycles. The second kappa shape index (κ2) is 24.0. The molecule has 243 valence electrons. The van der Waals surface area contributed by atoms with Gasteiger partial charge in [-0.15, -0.1) is 0 Å². The minimum absolute atomic E-state index is 0. The summed E-state index contributed by atoms with van der Waals surface area (Å²) in [5.41, 5.74) is -6.14. The van der Waals surface area contributed by atoms with E-state index in [9.17, 15) is 57.5 Å². The Bertz CT molecular complexity index is 1130. The Morgan fingerprint density at radius 3 is 0.500 bits per heavy atom. The van der Waals surface area contributed by atoms with E-state index >= 15 is 0 Å². The minimum Gasteiger partial charge on any atom is -0.592 e. The van der Waals surface area contributed by atoms with Crippen LogP contribution in [0, 0.1) is 60.8 Å². The van der Waals surface area contributed by atoms with Crippen LogP contribution in [0.15, 0.2) is 0 Å². The van der Waals surface area contributed by atoms with Gasteiger partial charge < -0.3 is 89.3 Å². The number of carbonyl (C=O) groups is 12. The number of nitrogens with zero attached hydrogens (tertiary/aromatic N) is 6. The molecule has 12 amide bonds. The van der Waals surface area contributed by atoms with E-state index in [0.29, 0.717) is 0 Å². The van der Waals surface area contributed by atoms with E-state index in [4.69, 9.17) is 0 Å². The van der Waals surface area contributed by atoms with Gasteiger partial charge >= 0.3 is 98.1 Å². The van der Waals surface area contributed by atoms with Gasteiger partial charge in [-0.05, 0) is 0 Å². The zero-order valence-corrected chi connectivity index (χ0v) is 44.6. The van der Waals surface area contributed by atoms with Crippen molar-refractivity contribution in [2.45, 2.75) is 0 Å². The van der Waals surface area contributed by atoms with Gasteiger partial charge in [-0.1, -0.05) is 0 Å². The first-order chi connectivity index (χ1) is 16.6. The number of hydrogen-bond acceptors (Lipinski definition) is 12. The van der Waals surface area contributed by atoms with Crippen LogP contribution in [0.5, 0.6) is 0 Å². The Morgan fingerprint density at radius 1 is 0.333 bits per heavy atom. The summed E-state index contributed by atoms with van der Waals surface area (Å²) in [6, 6.07) is 0. The number of rotatable bonds is 0. The molecule has 0 bridgehead atoms. The predicted octanol–water partition coefficient (Wildman–Crippen LogP) is -2.08. The van der Waals surface area contributed by atoms with Crippen LogP contribution >= 0.6 is 0 Å². The van der Waals surface area contributed by atoms with E-state index in [-0.39, 0.29) is 241 Å². The van der Waals surface area contributed by atoms with Crippen molar-refractivity contribution in [2.24, 2.45) is 16.2 Å². The molecule has 0 atom stereocenters. The molecular formula is C24H27N6O12Y6. The van der Waals surface area contributed by atoms with Gasteiger partial charge in [-0.25, -0.2) is 0 Å². The second-order valence-corrected chi connectivity index (χ2v) is 7.92. The standard InChI is InChI=1S/3C6H4N2O4.6CH3.6Y/c3*1-8-4(11)6(5(8)12)2(9)7-3(6)10;;;;;;;;;;;;/h3*1H3,(H,7,9,10);6*1H3;;;;;;/q;;;6*-1;;;;3*+3/p-3. The van der Waals surface area contributed by atoms with E-state index in [1.165, 1.54) is 21.1 Å². The van der Waals surface area contributed by atoms with E-state index in [0.717, 1.165) is 14.7 Å². The number of β-lactam (4-membered cyclic amide) rings is 12. The van der Waals surface area contributed by atoms with Crippen molar-refractivity contribution in [3.05, 3.63) is 60.5 Å². The molecule has 18 nitrogen and oxygen atoms in total. The fraction of sp³-hybridized carbons (Fsp3) is 0.250. The Kier molecular flexibility index (Phi) is 35.5. The summed E-state index contributed by atoms with van der Waals surface area (Å²) >= 11 is 0. The largest absolute Gasteiger partial charge is 3.00 e. The van der Waals surface area contributed by atoms with Gasteiger partial charge in [0.05, 0.1) is 35.4 Å². The molecule has 3 radical (unpaired) electrons. The number of imide groups is 6. The van der Waals surface area contributed by atoms with Gasteiger partial charge in [-0.3, -0.25) is 43.5 Å². The molecule has 6 saturated heterocycles. The molecule has 6 fully saturated rings. The summed E-state index contributed by atoms with van der Waals surface area (Å²) in [4.78, 5) is 133. The summed E-state index contributed by atoms with van der Waals surface area (Å²) in [6.45, 7) is 0. The Labute approximate surface area is 429 Å². The maximum Gasteiger partial charge on any atom is 3.00 e. The van der Waals surface area contributed by atoms with Crippen molar-refractivity contribution in [2.75, 3.05) is 21.1 Å². The van der Waals surface area contributed by atoms with Crippen molar-refractivity contribution in [1.82, 2.24) is 14.7 Å². The van der Waals surface area contributed by atoms with Gasteiger partial charge in [0.25, 0.3) is 35.4 Å². The van der Waals surface area contributed by atoms with Crippen molar-refractivity contribution >= 4 is 70.9 Å². The Balaban J connectivity index is -0.0000000604. The van der Waals surface area contributed by atoms with E-state index < -0.39 is 87.1 Å². The molecule has 24 heteroatoms. The normalized spacial score (nSPS) is 18.9. The average molecular weight is 1120 g/mol. The van der Waals surface area contributed by atoms with Crippen LogP contribution in [0.4, 0.5) is 0 Å². The maximum absolute atomic E-state index is 11.0. The molecule has 0 aromatic rings. The van der Waals surface area contributed by atoms with E-state index in [2.05, 4.69) is 16.0 Å². The van der Waals surface area contributed by atoms with Crippen molar-refractivity contribution in [1.29, 1.82) is 0 Å². The smallest absolute Gasteiger partial charge is 0.592 e. The summed E-state index contributed by atoms with van der Waals surface area (Å²) in [5, 5.41) is 8.66. The third-order valence-corrected chi connectivity index (χ3v) is 6.29. The molecule has 0 N–H and O–H groups in total. The molecule has 0 unspecified atom stereocenters. The van der Waals surface area contributed by atoms with Gasteiger partial charge in [0, 0.05) is 119 Å². The van der Waals surface area contributed by atoms with Gasteiger partial charge in [-0.2, -0.15) is 0 Å². The minimum atomic E-state index is -2.05. The number of carbonyl (C=O) groups excluding carboxylic acids is 12.